The third-order valence-corrected chi connectivity index (χ3v) is 2.59. The first-order valence-electron chi connectivity index (χ1n) is 6.51. The fraction of sp³-hybridized carbons (Fsp3) is 0.308. The van der Waals surface area contributed by atoms with Crippen molar-refractivity contribution in [2.24, 2.45) is 5.10 Å². The minimum atomic E-state index is -1.02. The molecule has 0 saturated carbocycles. The SMILES string of the molecule is COCCCNC(=O)C(=O)N/N=C\c1cc([N+](=O)[O-])ccc1[O-]. The highest BCUT2D eigenvalue weighted by atomic mass is 16.6. The second-order valence-electron chi connectivity index (χ2n) is 4.28. The molecule has 0 bridgehead atoms. The number of ether oxygens (including phenoxy) is 1. The normalized spacial score (nSPS) is 10.5. The number of hydrogen-bond donors (Lipinski definition) is 2. The van der Waals surface area contributed by atoms with Gasteiger partial charge in [0, 0.05) is 32.4 Å². The molecule has 0 aromatic heterocycles. The number of hydrogen-bond acceptors (Lipinski definition) is 7. The van der Waals surface area contributed by atoms with Gasteiger partial charge in [-0.3, -0.25) is 19.7 Å². The van der Waals surface area contributed by atoms with E-state index in [9.17, 15) is 24.8 Å². The Morgan fingerprint density at radius 3 is 2.78 bits per heavy atom. The van der Waals surface area contributed by atoms with E-state index in [4.69, 9.17) is 4.74 Å². The number of carbonyl (C=O) groups excluding carboxylic acids is 2. The van der Waals surface area contributed by atoms with Crippen molar-refractivity contribution in [1.29, 1.82) is 0 Å². The molecule has 0 spiro atoms. The molecular formula is C13H15N4O6-. The van der Waals surface area contributed by atoms with E-state index in [-0.39, 0.29) is 17.8 Å². The number of nitro groups is 1. The monoisotopic (exact) mass is 323 g/mol. The van der Waals surface area contributed by atoms with Crippen LogP contribution in [0.15, 0.2) is 23.3 Å². The van der Waals surface area contributed by atoms with E-state index in [1.54, 1.807) is 0 Å². The molecule has 0 saturated heterocycles. The van der Waals surface area contributed by atoms with E-state index >= 15 is 0 Å². The molecule has 0 heterocycles. The smallest absolute Gasteiger partial charge is 0.329 e. The number of non-ortho nitro benzene ring substituents is 1. The lowest BCUT2D eigenvalue weighted by Gasteiger charge is -2.08. The summed E-state index contributed by atoms with van der Waals surface area (Å²) in [6.45, 7) is 0.707. The van der Waals surface area contributed by atoms with Gasteiger partial charge in [-0.25, -0.2) is 5.43 Å². The molecule has 0 fully saturated rings. The highest BCUT2D eigenvalue weighted by Crippen LogP contribution is 2.18. The number of nitrogens with one attached hydrogen (secondary N) is 2. The van der Waals surface area contributed by atoms with Gasteiger partial charge in [0.15, 0.2) is 0 Å². The van der Waals surface area contributed by atoms with E-state index in [1.807, 2.05) is 5.43 Å². The summed E-state index contributed by atoms with van der Waals surface area (Å²) in [5.74, 6) is -2.41. The molecule has 10 nitrogen and oxygen atoms in total. The lowest BCUT2D eigenvalue weighted by molar-refractivity contribution is -0.385. The second kappa shape index (κ2) is 9.10. The van der Waals surface area contributed by atoms with Crippen molar-refractivity contribution in [2.45, 2.75) is 6.42 Å². The topological polar surface area (TPSA) is 146 Å². The molecule has 1 aromatic rings. The van der Waals surface area contributed by atoms with E-state index in [0.717, 1.165) is 24.4 Å². The Labute approximate surface area is 131 Å². The zero-order valence-electron chi connectivity index (χ0n) is 12.3. The summed E-state index contributed by atoms with van der Waals surface area (Å²) in [6.07, 6.45) is 1.48. The van der Waals surface area contributed by atoms with Gasteiger partial charge in [0.2, 0.25) is 0 Å². The number of hydrazone groups is 1. The summed E-state index contributed by atoms with van der Waals surface area (Å²) in [5, 5.41) is 27.9. The molecule has 0 unspecified atom stereocenters. The Hall–Kier alpha value is -3.01. The second-order valence-corrected chi connectivity index (χ2v) is 4.28. The average Bonchev–Trinajstić information content (AvgIpc) is 2.52. The van der Waals surface area contributed by atoms with Crippen LogP contribution in [0, 0.1) is 10.1 Å². The van der Waals surface area contributed by atoms with Crippen LogP contribution in [0.2, 0.25) is 0 Å². The summed E-state index contributed by atoms with van der Waals surface area (Å²) < 4.78 is 4.78. The van der Waals surface area contributed by atoms with Crippen molar-refractivity contribution >= 4 is 23.7 Å². The van der Waals surface area contributed by atoms with Crippen molar-refractivity contribution < 1.29 is 24.4 Å². The lowest BCUT2D eigenvalue weighted by atomic mass is 10.2. The molecule has 10 heteroatoms. The standard InChI is InChI=1S/C13H16N4O6/c1-23-6-2-5-14-12(19)13(20)16-15-8-9-7-10(17(21)22)3-4-11(9)18/h3-4,7-8,18H,2,5-6H2,1H3,(H,14,19)(H,16,20)/p-1/b15-8-. The average molecular weight is 323 g/mol. The highest BCUT2D eigenvalue weighted by Gasteiger charge is 2.11. The zero-order chi connectivity index (χ0) is 17.2. The Bertz CT molecular complexity index is 616. The Morgan fingerprint density at radius 1 is 1.39 bits per heavy atom. The predicted octanol–water partition coefficient (Wildman–Crippen LogP) is -0.729. The number of amides is 2. The maximum absolute atomic E-state index is 11.5. The number of benzene rings is 1. The first-order chi connectivity index (χ1) is 11.0. The van der Waals surface area contributed by atoms with E-state index in [2.05, 4.69) is 10.4 Å². The van der Waals surface area contributed by atoms with E-state index in [1.165, 1.54) is 7.11 Å². The van der Waals surface area contributed by atoms with Gasteiger partial charge in [-0.15, -0.1) is 0 Å². The number of methoxy groups -OCH3 is 1. The Kier molecular flexibility index (Phi) is 7.14. The first-order valence-corrected chi connectivity index (χ1v) is 6.51. The minimum Gasteiger partial charge on any atom is -0.872 e. The van der Waals surface area contributed by atoms with Crippen molar-refractivity contribution in [1.82, 2.24) is 10.7 Å². The summed E-state index contributed by atoms with van der Waals surface area (Å²) in [5.41, 5.74) is 1.56. The fourth-order valence-electron chi connectivity index (χ4n) is 1.46. The molecule has 0 radical (unpaired) electrons. The molecule has 124 valence electrons. The summed E-state index contributed by atoms with van der Waals surface area (Å²) in [7, 11) is 1.52. The van der Waals surface area contributed by atoms with Crippen molar-refractivity contribution in [3.05, 3.63) is 33.9 Å². The number of rotatable bonds is 7. The number of carbonyl (C=O) groups is 2. The molecule has 1 aromatic carbocycles. The van der Waals surface area contributed by atoms with Crippen LogP contribution in [0.25, 0.3) is 0 Å². The summed E-state index contributed by atoms with van der Waals surface area (Å²) in [6, 6.07) is 3.10. The molecule has 2 N–H and O–H groups in total. The molecule has 1 rings (SSSR count). The number of nitro benzene ring substituents is 1. The van der Waals surface area contributed by atoms with Crippen LogP contribution in [-0.2, 0) is 14.3 Å². The van der Waals surface area contributed by atoms with Crippen molar-refractivity contribution in [2.75, 3.05) is 20.3 Å². The van der Waals surface area contributed by atoms with Gasteiger partial charge in [0.1, 0.15) is 0 Å². The molecule has 0 atom stereocenters. The van der Waals surface area contributed by atoms with E-state index < -0.39 is 22.5 Å². The van der Waals surface area contributed by atoms with Crippen molar-refractivity contribution in [3.8, 4) is 5.75 Å². The summed E-state index contributed by atoms with van der Waals surface area (Å²) >= 11 is 0. The van der Waals surface area contributed by atoms with Crippen LogP contribution in [0.1, 0.15) is 12.0 Å². The maximum atomic E-state index is 11.5. The molecule has 0 aliphatic rings. The molecular weight excluding hydrogens is 308 g/mol. The molecule has 2 amide bonds. The van der Waals surface area contributed by atoms with Gasteiger partial charge in [-0.2, -0.15) is 5.10 Å². The zero-order valence-corrected chi connectivity index (χ0v) is 12.3. The van der Waals surface area contributed by atoms with Gasteiger partial charge in [-0.1, -0.05) is 11.8 Å². The first kappa shape index (κ1) is 18.0. The maximum Gasteiger partial charge on any atom is 0.329 e. The number of nitrogens with zero attached hydrogens (tertiary/aromatic N) is 2. The van der Waals surface area contributed by atoms with Gasteiger partial charge in [-0.05, 0) is 12.0 Å². The van der Waals surface area contributed by atoms with Gasteiger partial charge < -0.3 is 15.2 Å². The highest BCUT2D eigenvalue weighted by molar-refractivity contribution is 6.35. The van der Waals surface area contributed by atoms with Gasteiger partial charge >= 0.3 is 11.8 Å². The minimum absolute atomic E-state index is 0.0833. The molecule has 0 aliphatic carbocycles. The molecule has 0 aliphatic heterocycles. The van der Waals surface area contributed by atoms with Gasteiger partial charge in [0.05, 0.1) is 11.1 Å². The van der Waals surface area contributed by atoms with Gasteiger partial charge in [0.25, 0.3) is 5.69 Å². The molecule has 23 heavy (non-hydrogen) atoms. The lowest BCUT2D eigenvalue weighted by Crippen LogP contribution is -2.38. The fourth-order valence-corrected chi connectivity index (χ4v) is 1.46. The third-order valence-electron chi connectivity index (χ3n) is 2.59. The summed E-state index contributed by atoms with van der Waals surface area (Å²) in [4.78, 5) is 32.7. The predicted molar refractivity (Wildman–Crippen MR) is 77.8 cm³/mol. The van der Waals surface area contributed by atoms with Crippen LogP contribution in [0.4, 0.5) is 5.69 Å². The van der Waals surface area contributed by atoms with Crippen LogP contribution < -0.4 is 15.8 Å². The Balaban J connectivity index is 2.55. The van der Waals surface area contributed by atoms with Crippen LogP contribution in [0.5, 0.6) is 5.75 Å². The Morgan fingerprint density at radius 2 is 2.13 bits per heavy atom. The van der Waals surface area contributed by atoms with Crippen LogP contribution in [-0.4, -0.2) is 43.2 Å². The third kappa shape index (κ3) is 6.09. The quantitative estimate of drug-likeness (QED) is 0.222. The largest absolute Gasteiger partial charge is 0.872 e. The van der Waals surface area contributed by atoms with E-state index in [0.29, 0.717) is 13.0 Å². The van der Waals surface area contributed by atoms with Crippen molar-refractivity contribution in [3.63, 3.8) is 0 Å². The van der Waals surface area contributed by atoms with Crippen LogP contribution in [0.3, 0.4) is 0 Å². The van der Waals surface area contributed by atoms with Crippen LogP contribution >= 0.6 is 0 Å².